The molecule has 1 fully saturated rings. The summed E-state index contributed by atoms with van der Waals surface area (Å²) in [5, 5.41) is 19.9. The molecule has 2 N–H and O–H groups in total. The van der Waals surface area contributed by atoms with Gasteiger partial charge >= 0.3 is 0 Å². The van der Waals surface area contributed by atoms with Crippen LogP contribution in [-0.4, -0.2) is 16.3 Å². The molecule has 0 unspecified atom stereocenters. The van der Waals surface area contributed by atoms with Crippen molar-refractivity contribution >= 4 is 0 Å². The van der Waals surface area contributed by atoms with E-state index in [1.807, 2.05) is 31.2 Å². The van der Waals surface area contributed by atoms with E-state index in [4.69, 9.17) is 0 Å². The van der Waals surface area contributed by atoms with Gasteiger partial charge < -0.3 is 10.2 Å². The molecule has 2 nitrogen and oxygen atoms in total. The standard InChI is InChI=1S/C13H18O2/c1-10-2-4-11(5-3-10)13(15)8-6-12(14)7-9-13/h2-5,12,14-15H,6-9H2,1H3. The zero-order valence-electron chi connectivity index (χ0n) is 9.11. The highest BCUT2D eigenvalue weighted by atomic mass is 16.3. The van der Waals surface area contributed by atoms with Gasteiger partial charge in [0.2, 0.25) is 0 Å². The van der Waals surface area contributed by atoms with Crippen LogP contribution in [0.2, 0.25) is 0 Å². The van der Waals surface area contributed by atoms with E-state index in [1.54, 1.807) is 0 Å². The summed E-state index contributed by atoms with van der Waals surface area (Å²) in [7, 11) is 0. The van der Waals surface area contributed by atoms with E-state index < -0.39 is 5.60 Å². The lowest BCUT2D eigenvalue weighted by molar-refractivity contribution is -0.0361. The Morgan fingerprint density at radius 3 is 2.20 bits per heavy atom. The van der Waals surface area contributed by atoms with Gasteiger partial charge in [0.25, 0.3) is 0 Å². The fourth-order valence-corrected chi connectivity index (χ4v) is 2.23. The van der Waals surface area contributed by atoms with Crippen molar-refractivity contribution in [1.29, 1.82) is 0 Å². The zero-order valence-corrected chi connectivity index (χ0v) is 9.11. The van der Waals surface area contributed by atoms with Crippen molar-refractivity contribution in [2.24, 2.45) is 0 Å². The molecule has 0 saturated heterocycles. The van der Waals surface area contributed by atoms with Crippen molar-refractivity contribution in [3.63, 3.8) is 0 Å². The Morgan fingerprint density at radius 2 is 1.67 bits per heavy atom. The molecule has 0 heterocycles. The normalized spacial score (nSPS) is 31.5. The highest BCUT2D eigenvalue weighted by molar-refractivity contribution is 5.26. The first-order chi connectivity index (χ1) is 7.10. The summed E-state index contributed by atoms with van der Waals surface area (Å²) in [4.78, 5) is 0. The number of aliphatic hydroxyl groups excluding tert-OH is 1. The van der Waals surface area contributed by atoms with Crippen molar-refractivity contribution < 1.29 is 10.2 Å². The molecular formula is C13H18O2. The summed E-state index contributed by atoms with van der Waals surface area (Å²) in [5.74, 6) is 0. The molecule has 1 aromatic carbocycles. The molecule has 0 spiro atoms. The van der Waals surface area contributed by atoms with Gasteiger partial charge in [-0.25, -0.2) is 0 Å². The number of benzene rings is 1. The molecule has 0 aliphatic heterocycles. The highest BCUT2D eigenvalue weighted by Crippen LogP contribution is 2.36. The van der Waals surface area contributed by atoms with E-state index in [1.165, 1.54) is 5.56 Å². The predicted molar refractivity (Wildman–Crippen MR) is 59.6 cm³/mol. The van der Waals surface area contributed by atoms with Crippen molar-refractivity contribution in [1.82, 2.24) is 0 Å². The molecular weight excluding hydrogens is 188 g/mol. The lowest BCUT2D eigenvalue weighted by atomic mass is 9.78. The van der Waals surface area contributed by atoms with Crippen LogP contribution < -0.4 is 0 Å². The molecule has 1 aromatic rings. The van der Waals surface area contributed by atoms with Crippen molar-refractivity contribution in [3.05, 3.63) is 35.4 Å². The van der Waals surface area contributed by atoms with Crippen molar-refractivity contribution in [2.75, 3.05) is 0 Å². The van der Waals surface area contributed by atoms with Crippen molar-refractivity contribution in [2.45, 2.75) is 44.3 Å². The molecule has 0 aromatic heterocycles. The Labute approximate surface area is 90.6 Å². The first kappa shape index (κ1) is 10.7. The third-order valence-electron chi connectivity index (χ3n) is 3.37. The van der Waals surface area contributed by atoms with Gasteiger partial charge in [-0.15, -0.1) is 0 Å². The van der Waals surface area contributed by atoms with Gasteiger partial charge in [0, 0.05) is 0 Å². The molecule has 1 aliphatic carbocycles. The summed E-state index contributed by atoms with van der Waals surface area (Å²) in [6, 6.07) is 8.04. The summed E-state index contributed by atoms with van der Waals surface area (Å²) in [6.07, 6.45) is 2.50. The summed E-state index contributed by atoms with van der Waals surface area (Å²) in [5.41, 5.74) is 1.48. The lowest BCUT2D eigenvalue weighted by Crippen LogP contribution is -2.33. The Kier molecular flexibility index (Phi) is 2.81. The van der Waals surface area contributed by atoms with Gasteiger partial charge in [-0.05, 0) is 38.2 Å². The van der Waals surface area contributed by atoms with Crippen LogP contribution in [0.1, 0.15) is 36.8 Å². The second kappa shape index (κ2) is 3.95. The summed E-state index contributed by atoms with van der Waals surface area (Å²) >= 11 is 0. The number of aliphatic hydroxyl groups is 2. The third kappa shape index (κ3) is 2.21. The average molecular weight is 206 g/mol. The molecule has 0 atom stereocenters. The van der Waals surface area contributed by atoms with Crippen LogP contribution in [0.4, 0.5) is 0 Å². The molecule has 0 amide bonds. The molecule has 0 bridgehead atoms. The molecule has 0 radical (unpaired) electrons. The van der Waals surface area contributed by atoms with Gasteiger partial charge in [-0.3, -0.25) is 0 Å². The Morgan fingerprint density at radius 1 is 1.13 bits per heavy atom. The van der Waals surface area contributed by atoms with Gasteiger partial charge in [-0.1, -0.05) is 29.8 Å². The SMILES string of the molecule is Cc1ccc(C2(O)CCC(O)CC2)cc1. The molecule has 1 aliphatic rings. The van der Waals surface area contributed by atoms with Crippen LogP contribution in [0, 0.1) is 6.92 Å². The zero-order chi connectivity index (χ0) is 10.9. The van der Waals surface area contributed by atoms with Crippen LogP contribution >= 0.6 is 0 Å². The molecule has 15 heavy (non-hydrogen) atoms. The van der Waals surface area contributed by atoms with Gasteiger partial charge in [0.05, 0.1) is 11.7 Å². The molecule has 1 saturated carbocycles. The maximum absolute atomic E-state index is 10.4. The number of rotatable bonds is 1. The maximum Gasteiger partial charge on any atom is 0.0898 e. The minimum atomic E-state index is -0.715. The lowest BCUT2D eigenvalue weighted by Gasteiger charge is -2.34. The Balaban J connectivity index is 2.18. The topological polar surface area (TPSA) is 40.5 Å². The smallest absolute Gasteiger partial charge is 0.0898 e. The minimum absolute atomic E-state index is 0.226. The van der Waals surface area contributed by atoms with E-state index >= 15 is 0 Å². The molecule has 2 heteroatoms. The second-order valence-electron chi connectivity index (χ2n) is 4.63. The van der Waals surface area contributed by atoms with E-state index in [0.717, 1.165) is 5.56 Å². The quantitative estimate of drug-likeness (QED) is 0.739. The van der Waals surface area contributed by atoms with Crippen LogP contribution in [0.25, 0.3) is 0 Å². The van der Waals surface area contributed by atoms with E-state index in [9.17, 15) is 10.2 Å². The largest absolute Gasteiger partial charge is 0.393 e. The number of hydrogen-bond acceptors (Lipinski definition) is 2. The Bertz CT molecular complexity index is 321. The van der Waals surface area contributed by atoms with Gasteiger partial charge in [0.1, 0.15) is 0 Å². The predicted octanol–water partition coefficient (Wildman–Crippen LogP) is 2.12. The van der Waals surface area contributed by atoms with Crippen LogP contribution in [0.15, 0.2) is 24.3 Å². The highest BCUT2D eigenvalue weighted by Gasteiger charge is 2.33. The van der Waals surface area contributed by atoms with Crippen molar-refractivity contribution in [3.8, 4) is 0 Å². The first-order valence-corrected chi connectivity index (χ1v) is 5.58. The molecule has 2 rings (SSSR count). The first-order valence-electron chi connectivity index (χ1n) is 5.58. The van der Waals surface area contributed by atoms with Crippen LogP contribution in [0.3, 0.4) is 0 Å². The number of hydrogen-bond donors (Lipinski definition) is 2. The second-order valence-corrected chi connectivity index (χ2v) is 4.63. The van der Waals surface area contributed by atoms with Crippen LogP contribution in [-0.2, 0) is 5.60 Å². The monoisotopic (exact) mass is 206 g/mol. The van der Waals surface area contributed by atoms with Crippen LogP contribution in [0.5, 0.6) is 0 Å². The van der Waals surface area contributed by atoms with E-state index in [0.29, 0.717) is 25.7 Å². The average Bonchev–Trinajstić information content (AvgIpc) is 2.24. The van der Waals surface area contributed by atoms with Gasteiger partial charge in [-0.2, -0.15) is 0 Å². The summed E-state index contributed by atoms with van der Waals surface area (Å²) in [6.45, 7) is 2.04. The molecule has 82 valence electrons. The fraction of sp³-hybridized carbons (Fsp3) is 0.538. The minimum Gasteiger partial charge on any atom is -0.393 e. The summed E-state index contributed by atoms with van der Waals surface area (Å²) < 4.78 is 0. The fourth-order valence-electron chi connectivity index (χ4n) is 2.23. The third-order valence-corrected chi connectivity index (χ3v) is 3.37. The van der Waals surface area contributed by atoms with Gasteiger partial charge in [0.15, 0.2) is 0 Å². The van der Waals surface area contributed by atoms with E-state index in [-0.39, 0.29) is 6.10 Å². The maximum atomic E-state index is 10.4. The number of aryl methyl sites for hydroxylation is 1. The Hall–Kier alpha value is -0.860. The van der Waals surface area contributed by atoms with E-state index in [2.05, 4.69) is 0 Å².